The molecular weight excluding hydrogens is 313 g/mol. The van der Waals surface area contributed by atoms with Crippen molar-refractivity contribution in [3.63, 3.8) is 0 Å². The molecule has 0 saturated heterocycles. The van der Waals surface area contributed by atoms with E-state index in [4.69, 9.17) is 0 Å². The number of aryl methyl sites for hydroxylation is 1. The molecule has 2 N–H and O–H groups in total. The Kier molecular flexibility index (Phi) is 7.45. The summed E-state index contributed by atoms with van der Waals surface area (Å²) in [6.07, 6.45) is 4.72. The molecule has 0 radical (unpaired) electrons. The van der Waals surface area contributed by atoms with Crippen LogP contribution in [0.15, 0.2) is 52.6 Å². The van der Waals surface area contributed by atoms with Gasteiger partial charge in [0.25, 0.3) is 0 Å². The summed E-state index contributed by atoms with van der Waals surface area (Å²) >= 11 is 1.68. The first-order valence-electron chi connectivity index (χ1n) is 7.58. The molecule has 1 heterocycles. The number of nitrogens with one attached hydrogen (secondary N) is 2. The van der Waals surface area contributed by atoms with Gasteiger partial charge >= 0.3 is 0 Å². The number of aromatic nitrogens is 2. The lowest BCUT2D eigenvalue weighted by molar-refractivity contribution is 0.570. The highest BCUT2D eigenvalue weighted by Gasteiger charge is 1.99. The molecule has 7 heteroatoms. The molecule has 23 heavy (non-hydrogen) atoms. The fourth-order valence-corrected chi connectivity index (χ4v) is 2.74. The highest BCUT2D eigenvalue weighted by molar-refractivity contribution is 7.99. The summed E-state index contributed by atoms with van der Waals surface area (Å²) in [5.41, 5.74) is 0. The Morgan fingerprint density at radius 3 is 2.74 bits per heavy atom. The lowest BCUT2D eigenvalue weighted by atomic mass is 10.4. The first-order chi connectivity index (χ1) is 11.3. The molecule has 124 valence electrons. The molecule has 2 aromatic rings. The zero-order chi connectivity index (χ0) is 16.3. The molecule has 0 unspecified atom stereocenters. The molecule has 0 fully saturated rings. The van der Waals surface area contributed by atoms with Crippen molar-refractivity contribution in [3.05, 3.63) is 48.5 Å². The first kappa shape index (κ1) is 17.3. The van der Waals surface area contributed by atoms with Crippen LogP contribution in [0.25, 0.3) is 0 Å². The predicted octanol–water partition coefficient (Wildman–Crippen LogP) is 2.37. The normalized spacial score (nSPS) is 11.5. The molecule has 2 rings (SSSR count). The Bertz CT molecular complexity index is 583. The predicted molar refractivity (Wildman–Crippen MR) is 93.3 cm³/mol. The molecular formula is C16H22FN5S. The van der Waals surface area contributed by atoms with E-state index in [1.165, 1.54) is 12.1 Å². The van der Waals surface area contributed by atoms with Gasteiger partial charge in [-0.25, -0.2) is 4.39 Å². The maximum atomic E-state index is 12.8. The molecule has 0 bridgehead atoms. The van der Waals surface area contributed by atoms with Crippen molar-refractivity contribution in [2.45, 2.75) is 17.9 Å². The minimum absolute atomic E-state index is 0.202. The zero-order valence-electron chi connectivity index (χ0n) is 13.2. The fraction of sp³-hybridized carbons (Fsp3) is 0.375. The Hall–Kier alpha value is -2.02. The maximum Gasteiger partial charge on any atom is 0.191 e. The van der Waals surface area contributed by atoms with Crippen molar-refractivity contribution in [2.24, 2.45) is 4.99 Å². The van der Waals surface area contributed by atoms with E-state index in [0.717, 1.165) is 42.7 Å². The lowest BCUT2D eigenvalue weighted by Crippen LogP contribution is -2.39. The number of benzene rings is 1. The largest absolute Gasteiger partial charge is 0.356 e. The second kappa shape index (κ2) is 9.89. The third-order valence-corrected chi connectivity index (χ3v) is 4.13. The summed E-state index contributed by atoms with van der Waals surface area (Å²) < 4.78 is 14.7. The van der Waals surface area contributed by atoms with Crippen LogP contribution < -0.4 is 10.6 Å². The van der Waals surface area contributed by atoms with Gasteiger partial charge < -0.3 is 10.6 Å². The molecule has 5 nitrogen and oxygen atoms in total. The van der Waals surface area contributed by atoms with Gasteiger partial charge in [-0.05, 0) is 36.8 Å². The van der Waals surface area contributed by atoms with E-state index in [9.17, 15) is 4.39 Å². The zero-order valence-corrected chi connectivity index (χ0v) is 14.0. The Labute approximate surface area is 140 Å². The maximum absolute atomic E-state index is 12.8. The van der Waals surface area contributed by atoms with Gasteiger partial charge in [0.15, 0.2) is 5.96 Å². The summed E-state index contributed by atoms with van der Waals surface area (Å²) in [4.78, 5) is 5.26. The summed E-state index contributed by atoms with van der Waals surface area (Å²) in [6, 6.07) is 8.48. The van der Waals surface area contributed by atoms with Gasteiger partial charge in [0.1, 0.15) is 5.82 Å². The van der Waals surface area contributed by atoms with E-state index in [1.807, 2.05) is 16.9 Å². The molecule has 0 spiro atoms. The van der Waals surface area contributed by atoms with Gasteiger partial charge in [0.05, 0.1) is 0 Å². The Morgan fingerprint density at radius 2 is 2.04 bits per heavy atom. The molecule has 0 saturated carbocycles. The van der Waals surface area contributed by atoms with Gasteiger partial charge in [0.2, 0.25) is 0 Å². The first-order valence-corrected chi connectivity index (χ1v) is 8.57. The standard InChI is InChI=1S/C16H22FN5S/c1-18-16(19-8-2-11-22-12-3-9-21-22)20-10-13-23-15-6-4-14(17)5-7-15/h3-7,9,12H,2,8,10-11,13H2,1H3,(H2,18,19,20). The monoisotopic (exact) mass is 335 g/mol. The molecule has 0 aliphatic carbocycles. The van der Waals surface area contributed by atoms with E-state index < -0.39 is 0 Å². The number of nitrogens with zero attached hydrogens (tertiary/aromatic N) is 3. The summed E-state index contributed by atoms with van der Waals surface area (Å²) in [5.74, 6) is 1.48. The van der Waals surface area contributed by atoms with Crippen LogP contribution in [0.2, 0.25) is 0 Å². The van der Waals surface area contributed by atoms with Crippen LogP contribution in [0.1, 0.15) is 6.42 Å². The van der Waals surface area contributed by atoms with Crippen LogP contribution in [-0.4, -0.2) is 41.6 Å². The van der Waals surface area contributed by atoms with Crippen molar-refractivity contribution >= 4 is 17.7 Å². The lowest BCUT2D eigenvalue weighted by Gasteiger charge is -2.11. The summed E-state index contributed by atoms with van der Waals surface area (Å²) in [6.45, 7) is 2.52. The smallest absolute Gasteiger partial charge is 0.191 e. The van der Waals surface area contributed by atoms with Crippen LogP contribution in [0.4, 0.5) is 4.39 Å². The van der Waals surface area contributed by atoms with E-state index in [1.54, 1.807) is 37.1 Å². The highest BCUT2D eigenvalue weighted by atomic mass is 32.2. The minimum atomic E-state index is -0.202. The number of thioether (sulfide) groups is 1. The highest BCUT2D eigenvalue weighted by Crippen LogP contribution is 2.17. The average Bonchev–Trinajstić information content (AvgIpc) is 3.08. The second-order valence-electron chi connectivity index (χ2n) is 4.85. The van der Waals surface area contributed by atoms with Crippen molar-refractivity contribution in [3.8, 4) is 0 Å². The molecule has 1 aromatic heterocycles. The van der Waals surface area contributed by atoms with E-state index in [-0.39, 0.29) is 5.82 Å². The van der Waals surface area contributed by atoms with E-state index in [2.05, 4.69) is 20.7 Å². The van der Waals surface area contributed by atoms with Crippen molar-refractivity contribution < 1.29 is 4.39 Å². The number of aliphatic imine (C=N–C) groups is 1. The molecule has 0 aliphatic rings. The van der Waals surface area contributed by atoms with Crippen LogP contribution in [0, 0.1) is 5.82 Å². The topological polar surface area (TPSA) is 54.2 Å². The van der Waals surface area contributed by atoms with Crippen LogP contribution in [0.3, 0.4) is 0 Å². The Morgan fingerprint density at radius 1 is 1.26 bits per heavy atom. The van der Waals surface area contributed by atoms with E-state index >= 15 is 0 Å². The molecule has 0 atom stereocenters. The molecule has 0 aliphatic heterocycles. The van der Waals surface area contributed by atoms with Crippen molar-refractivity contribution in [1.29, 1.82) is 0 Å². The van der Waals surface area contributed by atoms with Gasteiger partial charge in [-0.2, -0.15) is 5.10 Å². The average molecular weight is 335 g/mol. The molecule has 1 aromatic carbocycles. The number of rotatable bonds is 8. The van der Waals surface area contributed by atoms with E-state index in [0.29, 0.717) is 0 Å². The van der Waals surface area contributed by atoms with Crippen molar-refractivity contribution in [1.82, 2.24) is 20.4 Å². The quantitative estimate of drug-likeness (QED) is 0.337. The van der Waals surface area contributed by atoms with Gasteiger partial charge in [-0.3, -0.25) is 9.67 Å². The Balaban J connectivity index is 1.56. The van der Waals surface area contributed by atoms with Gasteiger partial charge in [0, 0.05) is 49.7 Å². The number of halogens is 1. The SMILES string of the molecule is CN=C(NCCCn1cccn1)NCCSc1ccc(F)cc1. The van der Waals surface area contributed by atoms with Crippen LogP contribution >= 0.6 is 11.8 Å². The van der Waals surface area contributed by atoms with Crippen molar-refractivity contribution in [2.75, 3.05) is 25.9 Å². The summed E-state index contributed by atoms with van der Waals surface area (Å²) in [7, 11) is 1.76. The molecule has 0 amide bonds. The minimum Gasteiger partial charge on any atom is -0.356 e. The number of guanidine groups is 1. The van der Waals surface area contributed by atoms with Gasteiger partial charge in [-0.1, -0.05) is 0 Å². The summed E-state index contributed by atoms with van der Waals surface area (Å²) in [5, 5.41) is 10.7. The fourth-order valence-electron chi connectivity index (χ4n) is 1.97. The number of hydrogen-bond acceptors (Lipinski definition) is 3. The number of hydrogen-bond donors (Lipinski definition) is 2. The third kappa shape index (κ3) is 6.73. The van der Waals surface area contributed by atoms with Gasteiger partial charge in [-0.15, -0.1) is 11.8 Å². The van der Waals surface area contributed by atoms with Crippen LogP contribution in [0.5, 0.6) is 0 Å². The second-order valence-corrected chi connectivity index (χ2v) is 6.02. The van der Waals surface area contributed by atoms with Crippen LogP contribution in [-0.2, 0) is 6.54 Å². The third-order valence-electron chi connectivity index (χ3n) is 3.12.